The summed E-state index contributed by atoms with van der Waals surface area (Å²) in [5.41, 5.74) is 1.95. The average Bonchev–Trinajstić information content (AvgIpc) is 2.34. The maximum atomic E-state index is 11.9. The molecule has 2 N–H and O–H groups in total. The first-order valence-corrected chi connectivity index (χ1v) is 5.80. The number of carbonyl (C=O) groups is 1. The van der Waals surface area contributed by atoms with Gasteiger partial charge in [-0.3, -0.25) is 4.79 Å². The molecule has 0 bridgehead atoms. The molecule has 0 unspecified atom stereocenters. The van der Waals surface area contributed by atoms with Crippen molar-refractivity contribution in [2.45, 2.75) is 6.92 Å². The maximum Gasteiger partial charge on any atom is 0.255 e. The summed E-state index contributed by atoms with van der Waals surface area (Å²) in [7, 11) is 0. The quantitative estimate of drug-likeness (QED) is 0.868. The van der Waals surface area contributed by atoms with Crippen molar-refractivity contribution in [3.8, 4) is 5.75 Å². The van der Waals surface area contributed by atoms with Gasteiger partial charge in [-0.15, -0.1) is 0 Å². The number of phenolic OH excluding ortho intramolecular Hbond substituents is 1. The van der Waals surface area contributed by atoms with Crippen molar-refractivity contribution >= 4 is 23.2 Å². The van der Waals surface area contributed by atoms with E-state index in [0.29, 0.717) is 16.3 Å². The van der Waals surface area contributed by atoms with Gasteiger partial charge in [-0.1, -0.05) is 23.7 Å². The summed E-state index contributed by atoms with van der Waals surface area (Å²) in [5.74, 6) is -0.253. The molecular weight excluding hydrogens is 250 g/mol. The summed E-state index contributed by atoms with van der Waals surface area (Å²) in [6.45, 7) is 1.92. The lowest BCUT2D eigenvalue weighted by Crippen LogP contribution is -2.12. The van der Waals surface area contributed by atoms with Gasteiger partial charge in [0, 0.05) is 5.56 Å². The number of aromatic hydroxyl groups is 1. The molecule has 2 aromatic rings. The number of halogens is 1. The number of carbonyl (C=O) groups excluding carboxylic acids is 1. The Balaban J connectivity index is 2.24. The molecule has 0 atom stereocenters. The lowest BCUT2D eigenvalue weighted by molar-refractivity contribution is 0.102. The van der Waals surface area contributed by atoms with E-state index in [1.54, 1.807) is 24.3 Å². The van der Waals surface area contributed by atoms with Crippen LogP contribution in [-0.2, 0) is 0 Å². The number of rotatable bonds is 2. The summed E-state index contributed by atoms with van der Waals surface area (Å²) < 4.78 is 0. The van der Waals surface area contributed by atoms with Gasteiger partial charge in [0.2, 0.25) is 0 Å². The number of nitrogens with one attached hydrogen (secondary N) is 1. The lowest BCUT2D eigenvalue weighted by Gasteiger charge is -2.08. The molecule has 0 aliphatic rings. The van der Waals surface area contributed by atoms with Crippen LogP contribution in [0.25, 0.3) is 0 Å². The van der Waals surface area contributed by atoms with Crippen molar-refractivity contribution in [1.29, 1.82) is 0 Å². The summed E-state index contributed by atoms with van der Waals surface area (Å²) in [6, 6.07) is 11.5. The first-order valence-electron chi connectivity index (χ1n) is 5.43. The van der Waals surface area contributed by atoms with Crippen molar-refractivity contribution in [3.05, 3.63) is 58.6 Å². The van der Waals surface area contributed by atoms with Crippen LogP contribution in [0, 0.1) is 6.92 Å². The minimum atomic E-state index is -0.307. The highest BCUT2D eigenvalue weighted by Gasteiger charge is 2.09. The predicted molar refractivity (Wildman–Crippen MR) is 72.2 cm³/mol. The number of hydrogen-bond donors (Lipinski definition) is 2. The monoisotopic (exact) mass is 261 g/mol. The summed E-state index contributed by atoms with van der Waals surface area (Å²) in [5, 5.41) is 12.5. The average molecular weight is 262 g/mol. The molecule has 2 aromatic carbocycles. The molecule has 92 valence electrons. The van der Waals surface area contributed by atoms with Crippen LogP contribution in [-0.4, -0.2) is 11.0 Å². The molecule has 0 fully saturated rings. The highest BCUT2D eigenvalue weighted by Crippen LogP contribution is 2.23. The molecular formula is C14H12ClNO2. The van der Waals surface area contributed by atoms with Gasteiger partial charge in [-0.05, 0) is 42.8 Å². The van der Waals surface area contributed by atoms with Gasteiger partial charge in [0.05, 0.1) is 10.7 Å². The first kappa shape index (κ1) is 12.5. The van der Waals surface area contributed by atoms with E-state index >= 15 is 0 Å². The molecule has 4 heteroatoms. The van der Waals surface area contributed by atoms with E-state index in [1.807, 2.05) is 13.0 Å². The Labute approximate surface area is 110 Å². The van der Waals surface area contributed by atoms with Crippen LogP contribution < -0.4 is 5.32 Å². The topological polar surface area (TPSA) is 49.3 Å². The van der Waals surface area contributed by atoms with Gasteiger partial charge < -0.3 is 10.4 Å². The van der Waals surface area contributed by atoms with Crippen LogP contribution in [0.3, 0.4) is 0 Å². The molecule has 2 rings (SSSR count). The molecule has 3 nitrogen and oxygen atoms in total. The van der Waals surface area contributed by atoms with E-state index in [2.05, 4.69) is 5.32 Å². The Hall–Kier alpha value is -2.00. The van der Waals surface area contributed by atoms with Gasteiger partial charge in [0.1, 0.15) is 5.75 Å². The van der Waals surface area contributed by atoms with Crippen LogP contribution in [0.2, 0.25) is 5.02 Å². The fourth-order valence-electron chi connectivity index (χ4n) is 1.58. The van der Waals surface area contributed by atoms with Crippen LogP contribution >= 0.6 is 11.6 Å². The standard InChI is InChI=1S/C14H12ClNO2/c1-9-5-6-12(15)13(7-9)16-14(18)10-3-2-4-11(17)8-10/h2-8,17H,1H3,(H,16,18). The van der Waals surface area contributed by atoms with Crippen LogP contribution in [0.15, 0.2) is 42.5 Å². The van der Waals surface area contributed by atoms with E-state index in [-0.39, 0.29) is 11.7 Å². The van der Waals surface area contributed by atoms with E-state index in [4.69, 9.17) is 11.6 Å². The number of phenols is 1. The molecule has 0 spiro atoms. The van der Waals surface area contributed by atoms with Crippen LogP contribution in [0.5, 0.6) is 5.75 Å². The third kappa shape index (κ3) is 2.81. The van der Waals surface area contributed by atoms with E-state index in [1.165, 1.54) is 12.1 Å². The zero-order chi connectivity index (χ0) is 13.1. The van der Waals surface area contributed by atoms with Crippen LogP contribution in [0.1, 0.15) is 15.9 Å². The molecule has 0 radical (unpaired) electrons. The fraction of sp³-hybridized carbons (Fsp3) is 0.0714. The SMILES string of the molecule is Cc1ccc(Cl)c(NC(=O)c2cccc(O)c2)c1. The molecule has 0 heterocycles. The number of amides is 1. The summed E-state index contributed by atoms with van der Waals surface area (Å²) in [6.07, 6.45) is 0. The molecule has 0 saturated carbocycles. The van der Waals surface area contributed by atoms with Gasteiger partial charge in [0.25, 0.3) is 5.91 Å². The number of aryl methyl sites for hydroxylation is 1. The molecule has 18 heavy (non-hydrogen) atoms. The Morgan fingerprint density at radius 3 is 2.72 bits per heavy atom. The Morgan fingerprint density at radius 2 is 2.00 bits per heavy atom. The lowest BCUT2D eigenvalue weighted by atomic mass is 10.2. The smallest absolute Gasteiger partial charge is 0.255 e. The normalized spacial score (nSPS) is 10.1. The minimum absolute atomic E-state index is 0.0537. The molecule has 0 aromatic heterocycles. The van der Waals surface area contributed by atoms with Crippen molar-refractivity contribution in [2.75, 3.05) is 5.32 Å². The van der Waals surface area contributed by atoms with Gasteiger partial charge in [-0.2, -0.15) is 0 Å². The van der Waals surface area contributed by atoms with Crippen molar-refractivity contribution < 1.29 is 9.90 Å². The third-order valence-electron chi connectivity index (χ3n) is 2.48. The maximum absolute atomic E-state index is 11.9. The number of anilines is 1. The van der Waals surface area contributed by atoms with E-state index in [0.717, 1.165) is 5.56 Å². The van der Waals surface area contributed by atoms with Gasteiger partial charge in [0.15, 0.2) is 0 Å². The Morgan fingerprint density at radius 1 is 1.22 bits per heavy atom. The van der Waals surface area contributed by atoms with Crippen molar-refractivity contribution in [2.24, 2.45) is 0 Å². The molecule has 0 aliphatic heterocycles. The first-order chi connectivity index (χ1) is 8.56. The van der Waals surface area contributed by atoms with Gasteiger partial charge in [-0.25, -0.2) is 0 Å². The second-order valence-electron chi connectivity index (χ2n) is 3.99. The molecule has 0 aliphatic carbocycles. The van der Waals surface area contributed by atoms with Crippen LogP contribution in [0.4, 0.5) is 5.69 Å². The summed E-state index contributed by atoms with van der Waals surface area (Å²) >= 11 is 5.99. The van der Waals surface area contributed by atoms with Crippen molar-refractivity contribution in [3.63, 3.8) is 0 Å². The molecule has 1 amide bonds. The largest absolute Gasteiger partial charge is 0.508 e. The Bertz CT molecular complexity index is 596. The Kier molecular flexibility index (Phi) is 3.53. The summed E-state index contributed by atoms with van der Waals surface area (Å²) in [4.78, 5) is 11.9. The zero-order valence-corrected chi connectivity index (χ0v) is 10.5. The number of benzene rings is 2. The molecule has 0 saturated heterocycles. The highest BCUT2D eigenvalue weighted by atomic mass is 35.5. The number of hydrogen-bond acceptors (Lipinski definition) is 2. The zero-order valence-electron chi connectivity index (χ0n) is 9.77. The second kappa shape index (κ2) is 5.10. The fourth-order valence-corrected chi connectivity index (χ4v) is 1.74. The van der Waals surface area contributed by atoms with E-state index in [9.17, 15) is 9.90 Å². The minimum Gasteiger partial charge on any atom is -0.508 e. The van der Waals surface area contributed by atoms with Crippen molar-refractivity contribution in [1.82, 2.24) is 0 Å². The van der Waals surface area contributed by atoms with Gasteiger partial charge >= 0.3 is 0 Å². The van der Waals surface area contributed by atoms with E-state index < -0.39 is 0 Å². The predicted octanol–water partition coefficient (Wildman–Crippen LogP) is 3.61. The second-order valence-corrected chi connectivity index (χ2v) is 4.39. The third-order valence-corrected chi connectivity index (χ3v) is 2.81. The highest BCUT2D eigenvalue weighted by molar-refractivity contribution is 6.33.